The Bertz CT molecular complexity index is 766. The molecule has 0 aromatic heterocycles. The number of hydrogen-bond acceptors (Lipinski definition) is 3. The van der Waals surface area contributed by atoms with Crippen molar-refractivity contribution in [3.63, 3.8) is 0 Å². The number of nitrogens with zero attached hydrogens (tertiary/aromatic N) is 1. The van der Waals surface area contributed by atoms with Gasteiger partial charge in [0.25, 0.3) is 0 Å². The highest BCUT2D eigenvalue weighted by Gasteiger charge is 2.24. The van der Waals surface area contributed by atoms with Crippen LogP contribution >= 0.6 is 34.2 Å². The number of esters is 1. The molecule has 1 aliphatic heterocycles. The maximum absolute atomic E-state index is 11.9. The van der Waals surface area contributed by atoms with Crippen LogP contribution in [0.15, 0.2) is 59.2 Å². The topological polar surface area (TPSA) is 38.7 Å². The predicted octanol–water partition coefficient (Wildman–Crippen LogP) is 4.29. The van der Waals surface area contributed by atoms with E-state index in [2.05, 4.69) is 27.6 Å². The molecule has 5 heteroatoms. The van der Waals surface area contributed by atoms with Gasteiger partial charge in [-0.3, -0.25) is 0 Å². The third-order valence-corrected chi connectivity index (χ3v) is 3.82. The highest BCUT2D eigenvalue weighted by molar-refractivity contribution is 14.1. The number of hydrogen-bond donors (Lipinski definition) is 0. The van der Waals surface area contributed by atoms with Crippen LogP contribution in [0.1, 0.15) is 11.1 Å². The zero-order valence-corrected chi connectivity index (χ0v) is 13.6. The van der Waals surface area contributed by atoms with Crippen molar-refractivity contribution >= 4 is 52.1 Å². The zero-order valence-electron chi connectivity index (χ0n) is 10.7. The second kappa shape index (κ2) is 5.99. The highest BCUT2D eigenvalue weighted by Crippen LogP contribution is 2.21. The first kappa shape index (κ1) is 14.3. The molecule has 0 N–H and O–H groups in total. The standard InChI is InChI=1S/C16H9ClINO2/c17-12-3-1-2-11(9-12)15-19-14(16(20)21-15)8-10-4-6-13(18)7-5-10/h1-9H/b14-8+. The summed E-state index contributed by atoms with van der Waals surface area (Å²) < 4.78 is 6.32. The minimum atomic E-state index is -0.455. The Morgan fingerprint density at radius 3 is 2.62 bits per heavy atom. The fourth-order valence-corrected chi connectivity index (χ4v) is 2.42. The molecule has 1 heterocycles. The molecule has 3 nitrogen and oxygen atoms in total. The monoisotopic (exact) mass is 409 g/mol. The molecule has 0 radical (unpaired) electrons. The van der Waals surface area contributed by atoms with Crippen LogP contribution < -0.4 is 0 Å². The summed E-state index contributed by atoms with van der Waals surface area (Å²) in [7, 11) is 0. The number of rotatable bonds is 2. The Kier molecular flexibility index (Phi) is 4.07. The largest absolute Gasteiger partial charge is 0.402 e. The summed E-state index contributed by atoms with van der Waals surface area (Å²) >= 11 is 8.16. The number of ether oxygens (including phenoxy) is 1. The zero-order chi connectivity index (χ0) is 14.8. The molecule has 0 saturated carbocycles. The van der Waals surface area contributed by atoms with Gasteiger partial charge in [-0.15, -0.1) is 0 Å². The summed E-state index contributed by atoms with van der Waals surface area (Å²) in [4.78, 5) is 16.1. The molecule has 21 heavy (non-hydrogen) atoms. The van der Waals surface area contributed by atoms with Crippen LogP contribution in [0.5, 0.6) is 0 Å². The van der Waals surface area contributed by atoms with E-state index in [9.17, 15) is 4.79 Å². The Balaban J connectivity index is 1.93. The van der Waals surface area contributed by atoms with Crippen molar-refractivity contribution in [2.75, 3.05) is 0 Å². The molecule has 0 amide bonds. The number of cyclic esters (lactones) is 1. The van der Waals surface area contributed by atoms with Gasteiger partial charge in [0.2, 0.25) is 5.90 Å². The molecule has 0 atom stereocenters. The van der Waals surface area contributed by atoms with Crippen LogP contribution in [0.3, 0.4) is 0 Å². The van der Waals surface area contributed by atoms with Gasteiger partial charge in [0, 0.05) is 14.2 Å². The molecule has 104 valence electrons. The summed E-state index contributed by atoms with van der Waals surface area (Å²) in [5.41, 5.74) is 1.87. The lowest BCUT2D eigenvalue weighted by molar-refractivity contribution is -0.129. The molecule has 0 unspecified atom stereocenters. The van der Waals surface area contributed by atoms with Crippen LogP contribution in [0.2, 0.25) is 5.02 Å². The van der Waals surface area contributed by atoms with Crippen LogP contribution in [0, 0.1) is 3.57 Å². The first-order valence-electron chi connectivity index (χ1n) is 6.16. The molecular weight excluding hydrogens is 401 g/mol. The number of benzene rings is 2. The number of halogens is 2. The molecule has 2 aromatic rings. The average Bonchev–Trinajstić information content (AvgIpc) is 2.83. The van der Waals surface area contributed by atoms with Crippen molar-refractivity contribution in [2.24, 2.45) is 4.99 Å². The first-order valence-corrected chi connectivity index (χ1v) is 7.61. The van der Waals surface area contributed by atoms with E-state index in [0.717, 1.165) is 9.13 Å². The lowest BCUT2D eigenvalue weighted by Gasteiger charge is -1.98. The minimum Gasteiger partial charge on any atom is -0.402 e. The third-order valence-electron chi connectivity index (χ3n) is 2.87. The fraction of sp³-hybridized carbons (Fsp3) is 0. The van der Waals surface area contributed by atoms with Crippen molar-refractivity contribution in [3.8, 4) is 0 Å². The van der Waals surface area contributed by atoms with Gasteiger partial charge in [-0.05, 0) is 64.6 Å². The maximum atomic E-state index is 11.9. The van der Waals surface area contributed by atoms with Gasteiger partial charge in [-0.2, -0.15) is 0 Å². The Morgan fingerprint density at radius 2 is 1.90 bits per heavy atom. The molecule has 0 fully saturated rings. The normalized spacial score (nSPS) is 16.0. The van der Waals surface area contributed by atoms with Crippen molar-refractivity contribution in [1.82, 2.24) is 0 Å². The maximum Gasteiger partial charge on any atom is 0.363 e. The number of carbonyl (C=O) groups is 1. The van der Waals surface area contributed by atoms with E-state index < -0.39 is 5.97 Å². The molecule has 2 aromatic carbocycles. The van der Waals surface area contributed by atoms with E-state index in [4.69, 9.17) is 16.3 Å². The molecule has 3 rings (SSSR count). The summed E-state index contributed by atoms with van der Waals surface area (Å²) in [5, 5.41) is 0.571. The van der Waals surface area contributed by atoms with Gasteiger partial charge < -0.3 is 4.74 Å². The van der Waals surface area contributed by atoms with E-state index >= 15 is 0 Å². The molecule has 0 spiro atoms. The lowest BCUT2D eigenvalue weighted by Crippen LogP contribution is -2.05. The predicted molar refractivity (Wildman–Crippen MR) is 91.2 cm³/mol. The highest BCUT2D eigenvalue weighted by atomic mass is 127. The Morgan fingerprint density at radius 1 is 1.14 bits per heavy atom. The second-order valence-electron chi connectivity index (χ2n) is 4.40. The van der Waals surface area contributed by atoms with E-state index in [0.29, 0.717) is 10.6 Å². The summed E-state index contributed by atoms with van der Waals surface area (Å²) in [6.45, 7) is 0. The van der Waals surface area contributed by atoms with Crippen LogP contribution in [0.4, 0.5) is 0 Å². The average molecular weight is 410 g/mol. The molecule has 0 aliphatic carbocycles. The van der Waals surface area contributed by atoms with Gasteiger partial charge >= 0.3 is 5.97 Å². The quantitative estimate of drug-likeness (QED) is 0.422. The summed E-state index contributed by atoms with van der Waals surface area (Å²) in [5.74, 6) is -0.178. The number of aliphatic imine (C=N–C) groups is 1. The van der Waals surface area contributed by atoms with Crippen molar-refractivity contribution in [1.29, 1.82) is 0 Å². The van der Waals surface area contributed by atoms with Gasteiger partial charge in [0.05, 0.1) is 0 Å². The lowest BCUT2D eigenvalue weighted by atomic mass is 10.2. The molecule has 0 bridgehead atoms. The van der Waals surface area contributed by atoms with Crippen LogP contribution in [-0.4, -0.2) is 11.9 Å². The van der Waals surface area contributed by atoms with Gasteiger partial charge in [0.1, 0.15) is 0 Å². The van der Waals surface area contributed by atoms with Gasteiger partial charge in [-0.25, -0.2) is 9.79 Å². The van der Waals surface area contributed by atoms with E-state index in [-0.39, 0.29) is 11.6 Å². The third kappa shape index (κ3) is 3.33. The molecular formula is C16H9ClINO2. The second-order valence-corrected chi connectivity index (χ2v) is 6.08. The first-order chi connectivity index (χ1) is 10.1. The van der Waals surface area contributed by atoms with Crippen molar-refractivity contribution in [2.45, 2.75) is 0 Å². The van der Waals surface area contributed by atoms with Crippen LogP contribution in [-0.2, 0) is 9.53 Å². The molecule has 1 aliphatic rings. The Hall–Kier alpha value is -1.66. The van der Waals surface area contributed by atoms with Gasteiger partial charge in [-0.1, -0.05) is 29.8 Å². The fourth-order valence-electron chi connectivity index (χ4n) is 1.87. The van der Waals surface area contributed by atoms with E-state index in [1.165, 1.54) is 0 Å². The van der Waals surface area contributed by atoms with Crippen LogP contribution in [0.25, 0.3) is 6.08 Å². The summed E-state index contributed by atoms with van der Waals surface area (Å²) in [6, 6.07) is 14.8. The summed E-state index contributed by atoms with van der Waals surface area (Å²) in [6.07, 6.45) is 1.70. The SMILES string of the molecule is O=C1OC(c2cccc(Cl)c2)=N/C1=C/c1ccc(I)cc1. The van der Waals surface area contributed by atoms with Gasteiger partial charge in [0.15, 0.2) is 5.70 Å². The smallest absolute Gasteiger partial charge is 0.363 e. The van der Waals surface area contributed by atoms with E-state index in [1.807, 2.05) is 24.3 Å². The Labute approximate surface area is 140 Å². The number of carbonyl (C=O) groups excluding carboxylic acids is 1. The van der Waals surface area contributed by atoms with Crippen molar-refractivity contribution < 1.29 is 9.53 Å². The minimum absolute atomic E-state index is 0.277. The van der Waals surface area contributed by atoms with Crippen molar-refractivity contribution in [3.05, 3.63) is 73.9 Å². The van der Waals surface area contributed by atoms with E-state index in [1.54, 1.807) is 30.3 Å². The molecule has 0 saturated heterocycles.